The molecular weight excluding hydrogens is 378 g/mol. The van der Waals surface area contributed by atoms with Crippen LogP contribution >= 0.6 is 0 Å². The Bertz CT molecular complexity index is 766. The molecule has 0 bridgehead atoms. The predicted molar refractivity (Wildman–Crippen MR) is 123 cm³/mol. The van der Waals surface area contributed by atoms with Crippen molar-refractivity contribution in [1.29, 1.82) is 0 Å². The predicted octanol–water partition coefficient (Wildman–Crippen LogP) is 3.75. The number of hydrogen-bond donors (Lipinski definition) is 1. The van der Waals surface area contributed by atoms with Crippen LogP contribution in [0.4, 0.5) is 0 Å². The molecule has 0 radical (unpaired) electrons. The fraction of sp³-hybridized carbons (Fsp3) is 0.458. The van der Waals surface area contributed by atoms with Crippen LogP contribution in [-0.2, 0) is 17.8 Å². The molecule has 0 unspecified atom stereocenters. The summed E-state index contributed by atoms with van der Waals surface area (Å²) in [7, 11) is 7.18. The van der Waals surface area contributed by atoms with Gasteiger partial charge in [-0.25, -0.2) is 0 Å². The first-order valence-corrected chi connectivity index (χ1v) is 10.4. The van der Waals surface area contributed by atoms with Gasteiger partial charge >= 0.3 is 0 Å². The Morgan fingerprint density at radius 1 is 0.967 bits per heavy atom. The van der Waals surface area contributed by atoms with E-state index in [2.05, 4.69) is 40.5 Å². The molecule has 0 amide bonds. The molecule has 0 aliphatic rings. The average Bonchev–Trinajstić information content (AvgIpc) is 2.79. The Hall–Kier alpha value is -2.73. The van der Waals surface area contributed by atoms with Crippen LogP contribution in [0, 0.1) is 0 Å². The maximum atomic E-state index is 5.74. The largest absolute Gasteiger partial charge is 0.493 e. The van der Waals surface area contributed by atoms with E-state index in [0.717, 1.165) is 56.4 Å². The minimum absolute atomic E-state index is 0.675. The Morgan fingerprint density at radius 3 is 2.43 bits per heavy atom. The molecule has 6 nitrogen and oxygen atoms in total. The maximum absolute atomic E-state index is 5.74. The molecule has 0 fully saturated rings. The smallest absolute Gasteiger partial charge is 0.193 e. The third kappa shape index (κ3) is 7.95. The van der Waals surface area contributed by atoms with Crippen LogP contribution in [0.2, 0.25) is 0 Å². The first-order valence-electron chi connectivity index (χ1n) is 10.4. The van der Waals surface area contributed by atoms with Crippen molar-refractivity contribution in [2.24, 2.45) is 4.99 Å². The van der Waals surface area contributed by atoms with Gasteiger partial charge in [-0.15, -0.1) is 0 Å². The minimum Gasteiger partial charge on any atom is -0.493 e. The highest BCUT2D eigenvalue weighted by atomic mass is 16.5. The molecular formula is C24H35N3O3. The summed E-state index contributed by atoms with van der Waals surface area (Å²) < 4.78 is 16.4. The lowest BCUT2D eigenvalue weighted by atomic mass is 10.1. The lowest BCUT2D eigenvalue weighted by Gasteiger charge is -2.22. The fourth-order valence-electron chi connectivity index (χ4n) is 3.12. The van der Waals surface area contributed by atoms with Crippen molar-refractivity contribution in [3.63, 3.8) is 0 Å². The summed E-state index contributed by atoms with van der Waals surface area (Å²) in [5.74, 6) is 2.41. The molecule has 0 aliphatic carbocycles. The zero-order valence-electron chi connectivity index (χ0n) is 18.7. The Labute approximate surface area is 180 Å². The standard InChI is InChI=1S/C24H35N3O3/c1-25-24(26-15-8-9-17-30-19-21-10-6-5-7-11-21)27(2)16-14-20-12-13-22(28-3)23(18-20)29-4/h5-7,10-13,18H,8-9,14-17,19H2,1-4H3,(H,25,26). The number of nitrogens with one attached hydrogen (secondary N) is 1. The number of rotatable bonds is 12. The summed E-state index contributed by atoms with van der Waals surface area (Å²) >= 11 is 0. The summed E-state index contributed by atoms with van der Waals surface area (Å²) in [6, 6.07) is 16.3. The number of ether oxygens (including phenoxy) is 3. The lowest BCUT2D eigenvalue weighted by molar-refractivity contribution is 0.117. The first kappa shape index (κ1) is 23.5. The highest BCUT2D eigenvalue weighted by Crippen LogP contribution is 2.27. The Kier molecular flexibility index (Phi) is 10.6. The third-order valence-electron chi connectivity index (χ3n) is 4.87. The van der Waals surface area contributed by atoms with Gasteiger partial charge in [-0.3, -0.25) is 4.99 Å². The fourth-order valence-corrected chi connectivity index (χ4v) is 3.12. The van der Waals surface area contributed by atoms with Gasteiger partial charge in [-0.05, 0) is 42.5 Å². The topological polar surface area (TPSA) is 55.3 Å². The highest BCUT2D eigenvalue weighted by Gasteiger charge is 2.08. The highest BCUT2D eigenvalue weighted by molar-refractivity contribution is 5.79. The van der Waals surface area contributed by atoms with E-state index in [-0.39, 0.29) is 0 Å². The van der Waals surface area contributed by atoms with Crippen molar-refractivity contribution in [2.75, 3.05) is 48.0 Å². The molecule has 2 aromatic rings. The number of likely N-dealkylation sites (N-methyl/N-ethyl adjacent to an activating group) is 1. The van der Waals surface area contributed by atoms with E-state index >= 15 is 0 Å². The van der Waals surface area contributed by atoms with Gasteiger partial charge in [-0.1, -0.05) is 36.4 Å². The number of nitrogens with zero attached hydrogens (tertiary/aromatic N) is 2. The minimum atomic E-state index is 0.675. The zero-order valence-corrected chi connectivity index (χ0v) is 18.7. The molecule has 0 heterocycles. The first-order chi connectivity index (χ1) is 14.7. The van der Waals surface area contributed by atoms with Gasteiger partial charge in [0.25, 0.3) is 0 Å². The van der Waals surface area contributed by atoms with E-state index < -0.39 is 0 Å². The van der Waals surface area contributed by atoms with Gasteiger partial charge in [0, 0.05) is 33.8 Å². The van der Waals surface area contributed by atoms with Crippen molar-refractivity contribution in [3.8, 4) is 11.5 Å². The molecule has 164 valence electrons. The van der Waals surface area contributed by atoms with Gasteiger partial charge in [0.2, 0.25) is 0 Å². The van der Waals surface area contributed by atoms with Gasteiger partial charge in [0.05, 0.1) is 20.8 Å². The Balaban J connectivity index is 1.64. The molecule has 0 saturated carbocycles. The van der Waals surface area contributed by atoms with Crippen molar-refractivity contribution in [3.05, 3.63) is 59.7 Å². The van der Waals surface area contributed by atoms with E-state index in [0.29, 0.717) is 6.61 Å². The Morgan fingerprint density at radius 2 is 1.73 bits per heavy atom. The van der Waals surface area contributed by atoms with E-state index in [1.165, 1.54) is 11.1 Å². The number of hydrogen-bond acceptors (Lipinski definition) is 4. The van der Waals surface area contributed by atoms with Crippen LogP contribution in [-0.4, -0.2) is 58.9 Å². The molecule has 2 aromatic carbocycles. The van der Waals surface area contributed by atoms with Gasteiger partial charge in [0.15, 0.2) is 17.5 Å². The van der Waals surface area contributed by atoms with Gasteiger partial charge < -0.3 is 24.4 Å². The van der Waals surface area contributed by atoms with Gasteiger partial charge in [0.1, 0.15) is 0 Å². The van der Waals surface area contributed by atoms with E-state index in [1.54, 1.807) is 14.2 Å². The maximum Gasteiger partial charge on any atom is 0.193 e. The molecule has 0 aromatic heterocycles. The molecule has 1 N–H and O–H groups in total. The molecule has 6 heteroatoms. The number of unbranched alkanes of at least 4 members (excludes halogenated alkanes) is 1. The van der Waals surface area contributed by atoms with Crippen LogP contribution in [0.5, 0.6) is 11.5 Å². The number of aliphatic imine (C=N–C) groups is 1. The van der Waals surface area contributed by atoms with Crippen LogP contribution in [0.1, 0.15) is 24.0 Å². The summed E-state index contributed by atoms with van der Waals surface area (Å²) in [6.45, 7) is 3.18. The lowest BCUT2D eigenvalue weighted by Crippen LogP contribution is -2.40. The van der Waals surface area contributed by atoms with Crippen molar-refractivity contribution >= 4 is 5.96 Å². The van der Waals surface area contributed by atoms with Crippen molar-refractivity contribution < 1.29 is 14.2 Å². The van der Waals surface area contributed by atoms with Gasteiger partial charge in [-0.2, -0.15) is 0 Å². The second-order valence-electron chi connectivity index (χ2n) is 7.08. The van der Waals surface area contributed by atoms with Crippen molar-refractivity contribution in [1.82, 2.24) is 10.2 Å². The number of guanidine groups is 1. The van der Waals surface area contributed by atoms with Crippen LogP contribution in [0.3, 0.4) is 0 Å². The average molecular weight is 414 g/mol. The summed E-state index contributed by atoms with van der Waals surface area (Å²) in [5.41, 5.74) is 2.41. The van der Waals surface area contributed by atoms with E-state index in [9.17, 15) is 0 Å². The second kappa shape index (κ2) is 13.5. The molecule has 30 heavy (non-hydrogen) atoms. The molecule has 0 atom stereocenters. The van der Waals surface area contributed by atoms with Crippen LogP contribution in [0.15, 0.2) is 53.5 Å². The molecule has 0 spiro atoms. The number of methoxy groups -OCH3 is 2. The number of benzene rings is 2. The molecule has 2 rings (SSSR count). The normalized spacial score (nSPS) is 11.3. The summed E-state index contributed by atoms with van der Waals surface area (Å²) in [4.78, 5) is 6.53. The summed E-state index contributed by atoms with van der Waals surface area (Å²) in [5, 5.41) is 3.43. The zero-order chi connectivity index (χ0) is 21.6. The van der Waals surface area contributed by atoms with E-state index in [1.807, 2.05) is 37.4 Å². The quantitative estimate of drug-likeness (QED) is 0.326. The van der Waals surface area contributed by atoms with Crippen LogP contribution in [0.25, 0.3) is 0 Å². The van der Waals surface area contributed by atoms with Crippen LogP contribution < -0.4 is 14.8 Å². The van der Waals surface area contributed by atoms with Crippen molar-refractivity contribution in [2.45, 2.75) is 25.9 Å². The molecule has 0 aliphatic heterocycles. The summed E-state index contributed by atoms with van der Waals surface area (Å²) in [6.07, 6.45) is 2.95. The monoisotopic (exact) mass is 413 g/mol. The molecule has 0 saturated heterocycles. The third-order valence-corrected chi connectivity index (χ3v) is 4.87. The second-order valence-corrected chi connectivity index (χ2v) is 7.08. The van der Waals surface area contributed by atoms with E-state index in [4.69, 9.17) is 14.2 Å². The SMILES string of the molecule is CN=C(NCCCCOCc1ccccc1)N(C)CCc1ccc(OC)c(OC)c1.